The summed E-state index contributed by atoms with van der Waals surface area (Å²) in [6.07, 6.45) is -1.79. The topological polar surface area (TPSA) is 157 Å². The Labute approximate surface area is 134 Å². The van der Waals surface area contributed by atoms with Crippen molar-refractivity contribution in [2.75, 3.05) is 39.3 Å². The number of nitrogens with zero attached hydrogens (tertiary/aromatic N) is 2. The Hall–Kier alpha value is -0.320. The Bertz CT molecular complexity index is 197. The molecule has 10 N–H and O–H groups in total. The highest BCUT2D eigenvalue weighted by molar-refractivity contribution is 4.70. The van der Waals surface area contributed by atoms with Crippen LogP contribution in [0.3, 0.4) is 0 Å². The highest BCUT2D eigenvalue weighted by Gasteiger charge is 2.15. The highest BCUT2D eigenvalue weighted by Crippen LogP contribution is 2.00. The Balaban J connectivity index is -0.00000180. The van der Waals surface area contributed by atoms with Gasteiger partial charge in [-0.05, 0) is 27.7 Å². The lowest BCUT2D eigenvalue weighted by molar-refractivity contribution is 0.0542. The van der Waals surface area contributed by atoms with Crippen LogP contribution in [0, 0.1) is 0 Å². The second kappa shape index (κ2) is 14.3. The van der Waals surface area contributed by atoms with Crippen molar-refractivity contribution in [3.05, 3.63) is 0 Å². The molecule has 4 atom stereocenters. The van der Waals surface area contributed by atoms with Gasteiger partial charge < -0.3 is 32.7 Å². The number of aliphatic hydroxyl groups excluding tert-OH is 4. The molecule has 0 saturated carbocycles. The van der Waals surface area contributed by atoms with E-state index in [4.69, 9.17) is 0 Å². The summed E-state index contributed by atoms with van der Waals surface area (Å²) in [5.74, 6) is 0. The van der Waals surface area contributed by atoms with Gasteiger partial charge in [0.1, 0.15) is 0 Å². The zero-order chi connectivity index (χ0) is 15.7. The van der Waals surface area contributed by atoms with Crippen LogP contribution in [0.2, 0.25) is 0 Å². The fourth-order valence-corrected chi connectivity index (χ4v) is 2.29. The van der Waals surface area contributed by atoms with Gasteiger partial charge in [0.15, 0.2) is 0 Å². The molecule has 0 rings (SSSR count). The second-order valence-corrected chi connectivity index (χ2v) is 5.92. The molecule has 0 aromatic heterocycles. The first kappa shape index (κ1) is 26.6. The highest BCUT2D eigenvalue weighted by atomic mass is 16.3. The number of rotatable bonds is 11. The summed E-state index contributed by atoms with van der Waals surface area (Å²) >= 11 is 0. The maximum atomic E-state index is 9.47. The van der Waals surface area contributed by atoms with Crippen LogP contribution in [0.25, 0.3) is 0 Å². The first-order valence-electron chi connectivity index (χ1n) is 7.37. The Morgan fingerprint density at radius 3 is 0.864 bits per heavy atom. The molecule has 8 heteroatoms. The van der Waals surface area contributed by atoms with Gasteiger partial charge in [0.05, 0.1) is 24.4 Å². The van der Waals surface area contributed by atoms with Gasteiger partial charge in [0.2, 0.25) is 0 Å². The smallest absolute Gasteiger partial charge is 0.0639 e. The SMILES string of the molecule is CC(O)CN(CCN(CC(C)O)CC(C)O)CC(C)O.N.N. The lowest BCUT2D eigenvalue weighted by Gasteiger charge is -2.30. The van der Waals surface area contributed by atoms with Crippen molar-refractivity contribution in [1.82, 2.24) is 22.1 Å². The van der Waals surface area contributed by atoms with Gasteiger partial charge in [-0.15, -0.1) is 0 Å². The average Bonchev–Trinajstić information content (AvgIpc) is 2.22. The number of aliphatic hydroxyl groups is 4. The van der Waals surface area contributed by atoms with Crippen LogP contribution < -0.4 is 12.3 Å². The molecule has 0 aromatic carbocycles. The van der Waals surface area contributed by atoms with Crippen molar-refractivity contribution in [2.45, 2.75) is 52.1 Å². The van der Waals surface area contributed by atoms with E-state index in [1.165, 1.54) is 0 Å². The van der Waals surface area contributed by atoms with Gasteiger partial charge >= 0.3 is 0 Å². The molecule has 138 valence electrons. The molecule has 0 bridgehead atoms. The van der Waals surface area contributed by atoms with E-state index in [0.29, 0.717) is 39.3 Å². The fourth-order valence-electron chi connectivity index (χ4n) is 2.29. The molecular formula is C14H38N4O4. The summed E-state index contributed by atoms with van der Waals surface area (Å²) in [6.45, 7) is 10.2. The second-order valence-electron chi connectivity index (χ2n) is 5.92. The summed E-state index contributed by atoms with van der Waals surface area (Å²) in [4.78, 5) is 3.98. The lowest BCUT2D eigenvalue weighted by atomic mass is 10.2. The quantitative estimate of drug-likeness (QED) is 0.295. The summed E-state index contributed by atoms with van der Waals surface area (Å²) in [5.41, 5.74) is 0. The molecule has 0 heterocycles. The van der Waals surface area contributed by atoms with Crippen LogP contribution in [0.15, 0.2) is 0 Å². The van der Waals surface area contributed by atoms with Gasteiger partial charge in [-0.25, -0.2) is 0 Å². The standard InChI is InChI=1S/C14H32N2O4.2H3N/c1-11(17)7-15(8-12(2)18)5-6-16(9-13(3)19)10-14(4)20;;/h11-14,17-20H,5-10H2,1-4H3;2*1H3. The van der Waals surface area contributed by atoms with Crippen LogP contribution in [0.5, 0.6) is 0 Å². The van der Waals surface area contributed by atoms with E-state index in [1.807, 2.05) is 9.80 Å². The minimum atomic E-state index is -0.448. The Morgan fingerprint density at radius 1 is 0.545 bits per heavy atom. The molecule has 4 unspecified atom stereocenters. The van der Waals surface area contributed by atoms with Crippen LogP contribution in [-0.2, 0) is 0 Å². The molecule has 0 spiro atoms. The molecule has 8 nitrogen and oxygen atoms in total. The van der Waals surface area contributed by atoms with Crippen LogP contribution >= 0.6 is 0 Å². The largest absolute Gasteiger partial charge is 0.392 e. The predicted octanol–water partition coefficient (Wildman–Crippen LogP) is -0.562. The van der Waals surface area contributed by atoms with Gasteiger partial charge in [-0.1, -0.05) is 0 Å². The van der Waals surface area contributed by atoms with E-state index in [0.717, 1.165) is 0 Å². The van der Waals surface area contributed by atoms with Crippen molar-refractivity contribution < 1.29 is 20.4 Å². The molecule has 0 amide bonds. The van der Waals surface area contributed by atoms with Crippen LogP contribution in [-0.4, -0.2) is 93.9 Å². The maximum Gasteiger partial charge on any atom is 0.0639 e. The fraction of sp³-hybridized carbons (Fsp3) is 1.00. The Morgan fingerprint density at radius 2 is 0.727 bits per heavy atom. The lowest BCUT2D eigenvalue weighted by Crippen LogP contribution is -2.44. The molecule has 22 heavy (non-hydrogen) atoms. The van der Waals surface area contributed by atoms with Crippen molar-refractivity contribution in [1.29, 1.82) is 0 Å². The summed E-state index contributed by atoms with van der Waals surface area (Å²) in [7, 11) is 0. The van der Waals surface area contributed by atoms with Gasteiger partial charge in [-0.3, -0.25) is 9.80 Å². The minimum Gasteiger partial charge on any atom is -0.392 e. The number of hydrogen-bond acceptors (Lipinski definition) is 8. The van der Waals surface area contributed by atoms with Gasteiger partial charge in [0, 0.05) is 39.3 Å². The summed E-state index contributed by atoms with van der Waals surface area (Å²) in [5, 5.41) is 37.9. The van der Waals surface area contributed by atoms with Crippen molar-refractivity contribution >= 4 is 0 Å². The third-order valence-electron chi connectivity index (χ3n) is 2.82. The molecule has 0 aromatic rings. The average molecular weight is 326 g/mol. The van der Waals surface area contributed by atoms with Crippen LogP contribution in [0.4, 0.5) is 0 Å². The molecular weight excluding hydrogens is 288 g/mol. The minimum absolute atomic E-state index is 0. The van der Waals surface area contributed by atoms with Crippen molar-refractivity contribution in [3.63, 3.8) is 0 Å². The molecule has 0 fully saturated rings. The van der Waals surface area contributed by atoms with E-state index < -0.39 is 24.4 Å². The molecule has 0 saturated heterocycles. The molecule has 0 aliphatic carbocycles. The van der Waals surface area contributed by atoms with E-state index in [9.17, 15) is 20.4 Å². The number of hydrogen-bond donors (Lipinski definition) is 6. The van der Waals surface area contributed by atoms with Gasteiger partial charge in [0.25, 0.3) is 0 Å². The zero-order valence-electron chi connectivity index (χ0n) is 14.6. The molecule has 0 aliphatic rings. The van der Waals surface area contributed by atoms with E-state index in [1.54, 1.807) is 27.7 Å². The first-order chi connectivity index (χ1) is 9.20. The van der Waals surface area contributed by atoms with Gasteiger partial charge in [-0.2, -0.15) is 0 Å². The predicted molar refractivity (Wildman–Crippen MR) is 89.6 cm³/mol. The van der Waals surface area contributed by atoms with Crippen molar-refractivity contribution in [3.8, 4) is 0 Å². The van der Waals surface area contributed by atoms with E-state index in [-0.39, 0.29) is 12.3 Å². The third kappa shape index (κ3) is 16.1. The first-order valence-corrected chi connectivity index (χ1v) is 7.37. The molecule has 0 radical (unpaired) electrons. The summed E-state index contributed by atoms with van der Waals surface area (Å²) in [6, 6.07) is 0. The summed E-state index contributed by atoms with van der Waals surface area (Å²) < 4.78 is 0. The maximum absolute atomic E-state index is 9.47. The Kier molecular flexibility index (Phi) is 17.3. The van der Waals surface area contributed by atoms with Crippen molar-refractivity contribution in [2.24, 2.45) is 0 Å². The third-order valence-corrected chi connectivity index (χ3v) is 2.82. The normalized spacial score (nSPS) is 16.6. The van der Waals surface area contributed by atoms with Crippen LogP contribution in [0.1, 0.15) is 27.7 Å². The monoisotopic (exact) mass is 326 g/mol. The van der Waals surface area contributed by atoms with E-state index >= 15 is 0 Å². The van der Waals surface area contributed by atoms with E-state index in [2.05, 4.69) is 0 Å². The molecule has 0 aliphatic heterocycles. The zero-order valence-corrected chi connectivity index (χ0v) is 14.6.